The zero-order valence-corrected chi connectivity index (χ0v) is 48.6. The van der Waals surface area contributed by atoms with Crippen LogP contribution in [0, 0.1) is 20.1 Å². The molecule has 0 fully saturated rings. The highest BCUT2D eigenvalue weighted by Gasteiger charge is 2.23. The van der Waals surface area contributed by atoms with Crippen LogP contribution in [0.2, 0.25) is 0 Å². The van der Waals surface area contributed by atoms with Gasteiger partial charge in [-0.1, -0.05) is 12.1 Å². The van der Waals surface area contributed by atoms with Gasteiger partial charge in [-0.25, -0.2) is 43.5 Å². The number of carbonyl (C=O) groups excluding carboxylic acids is 5. The number of amides is 4. The number of nitrogen functional groups attached to an aromatic ring is 3. The van der Waals surface area contributed by atoms with E-state index in [0.717, 1.165) is 23.1 Å². The maximum absolute atomic E-state index is 13.0. The number of nitrogens with two attached hydrogens (primary N) is 3. The quantitative estimate of drug-likeness (QED) is 0.0391. The molecule has 31 heteroatoms. The van der Waals surface area contributed by atoms with E-state index in [1.54, 1.807) is 45.3 Å². The molecular formula is C45H44FI4N13O13. The van der Waals surface area contributed by atoms with Crippen LogP contribution in [0.4, 0.5) is 53.2 Å². The van der Waals surface area contributed by atoms with Gasteiger partial charge in [0.2, 0.25) is 11.5 Å². The van der Waals surface area contributed by atoms with Gasteiger partial charge in [-0.3, -0.25) is 39.1 Å². The van der Waals surface area contributed by atoms with Crippen molar-refractivity contribution in [3.63, 3.8) is 0 Å². The third-order valence-electron chi connectivity index (χ3n) is 9.03. The number of pyridine rings is 4. The summed E-state index contributed by atoms with van der Waals surface area (Å²) in [4.78, 5) is 99.1. The number of halogens is 5. The maximum Gasteiger partial charge on any atom is 0.411 e. The van der Waals surface area contributed by atoms with Crippen LogP contribution >= 0.6 is 90.4 Å². The molecule has 76 heavy (non-hydrogen) atoms. The van der Waals surface area contributed by atoms with Crippen molar-refractivity contribution in [2.45, 2.75) is 27.3 Å². The molecule has 0 bridgehead atoms. The number of nitrogens with zero attached hydrogens (tertiary/aromatic N) is 6. The summed E-state index contributed by atoms with van der Waals surface area (Å²) in [6.07, 6.45) is 4.08. The monoisotopic (exact) mass is 1500 g/mol. The Labute approximate surface area is 483 Å². The first-order valence-electron chi connectivity index (χ1n) is 21.4. The summed E-state index contributed by atoms with van der Waals surface area (Å²) in [7, 11) is 1.09. The Balaban J connectivity index is 0.000000238. The Morgan fingerprint density at radius 2 is 1.05 bits per heavy atom. The van der Waals surface area contributed by atoms with E-state index in [4.69, 9.17) is 31.4 Å². The topological polar surface area (TPSA) is 383 Å². The number of fused-ring (bicyclic) bond motifs is 2. The zero-order valence-electron chi connectivity index (χ0n) is 39.9. The third-order valence-corrected chi connectivity index (χ3v) is 11.4. The van der Waals surface area contributed by atoms with Crippen molar-refractivity contribution in [3.05, 3.63) is 131 Å². The number of anilines is 6. The van der Waals surface area contributed by atoms with Gasteiger partial charge < -0.3 is 51.7 Å². The Morgan fingerprint density at radius 3 is 1.50 bits per heavy atom. The molecule has 0 aliphatic heterocycles. The van der Waals surface area contributed by atoms with Crippen molar-refractivity contribution in [2.24, 2.45) is 0 Å². The minimum absolute atomic E-state index is 0.0262. The number of carbonyl (C=O) groups is 5. The molecule has 1 aromatic carbocycles. The number of aromatic hydroxyl groups is 2. The number of methoxy groups -OCH3 is 1. The highest BCUT2D eigenvalue weighted by Crippen LogP contribution is 2.24. The summed E-state index contributed by atoms with van der Waals surface area (Å²) in [6.45, 7) is 5.66. The molecule has 4 amide bonds. The molecule has 6 aromatic heterocycles. The maximum atomic E-state index is 13.0. The van der Waals surface area contributed by atoms with Crippen LogP contribution in [0.1, 0.15) is 47.3 Å². The molecule has 0 saturated carbocycles. The van der Waals surface area contributed by atoms with Gasteiger partial charge in [-0.15, -0.1) is 0 Å². The number of nitrogens with one attached hydrogen (secondary N) is 4. The van der Waals surface area contributed by atoms with Gasteiger partial charge in [-0.05, 0) is 153 Å². The van der Waals surface area contributed by atoms with Crippen LogP contribution < -0.4 is 49.6 Å². The minimum Gasteiger partial charge on any atom is -0.501 e. The number of hydrogen-bond donors (Lipinski definition) is 9. The van der Waals surface area contributed by atoms with E-state index < -0.39 is 70.0 Å². The first-order chi connectivity index (χ1) is 36.0. The summed E-state index contributed by atoms with van der Waals surface area (Å²) in [5.41, 5.74) is 15.4. The fraction of sp³-hybridized carbons (Fsp3) is 0.178. The molecule has 7 rings (SSSR count). The fourth-order valence-electron chi connectivity index (χ4n) is 5.69. The zero-order chi connectivity index (χ0) is 56.4. The van der Waals surface area contributed by atoms with E-state index >= 15 is 0 Å². The van der Waals surface area contributed by atoms with Crippen LogP contribution in [0.15, 0.2) is 82.9 Å². The molecule has 0 radical (unpaired) electrons. The van der Waals surface area contributed by atoms with E-state index in [0.29, 0.717) is 36.5 Å². The van der Waals surface area contributed by atoms with Gasteiger partial charge in [0.05, 0.1) is 49.7 Å². The van der Waals surface area contributed by atoms with Gasteiger partial charge >= 0.3 is 35.4 Å². The van der Waals surface area contributed by atoms with Gasteiger partial charge in [0.15, 0.2) is 22.7 Å². The van der Waals surface area contributed by atoms with Crippen LogP contribution in [0.25, 0.3) is 11.3 Å². The second kappa shape index (κ2) is 29.2. The molecular weight excluding hydrogens is 1460 g/mol. The van der Waals surface area contributed by atoms with Crippen molar-refractivity contribution < 1.29 is 57.5 Å². The molecule has 12 N–H and O–H groups in total. The molecule has 6 heterocycles. The van der Waals surface area contributed by atoms with Crippen molar-refractivity contribution in [1.82, 2.24) is 34.1 Å². The summed E-state index contributed by atoms with van der Waals surface area (Å²) < 4.78 is 36.9. The molecule has 0 atom stereocenters. The Morgan fingerprint density at radius 1 is 0.632 bits per heavy atom. The molecule has 0 aliphatic rings. The lowest BCUT2D eigenvalue weighted by molar-refractivity contribution is 0.0589. The average Bonchev–Trinajstić information content (AvgIpc) is 3.36. The first-order valence-corrected chi connectivity index (χ1v) is 25.7. The lowest BCUT2D eigenvalue weighted by Gasteiger charge is -2.12. The van der Waals surface area contributed by atoms with E-state index in [1.807, 2.05) is 45.2 Å². The third kappa shape index (κ3) is 17.5. The normalized spacial score (nSPS) is 10.2. The average molecular weight is 1500 g/mol. The summed E-state index contributed by atoms with van der Waals surface area (Å²) in [5.74, 6) is -3.19. The second-order valence-electron chi connectivity index (χ2n) is 14.3. The molecule has 0 unspecified atom stereocenters. The van der Waals surface area contributed by atoms with Crippen molar-refractivity contribution in [3.8, 4) is 11.5 Å². The lowest BCUT2D eigenvalue weighted by Crippen LogP contribution is -2.28. The predicted molar refractivity (Wildman–Crippen MR) is 310 cm³/mol. The number of benzene rings is 1. The Bertz CT molecular complexity index is 3410. The second-order valence-corrected chi connectivity index (χ2v) is 19.3. The number of esters is 1. The number of rotatable bonds is 10. The van der Waals surface area contributed by atoms with Crippen molar-refractivity contribution in [2.75, 3.05) is 60.1 Å². The van der Waals surface area contributed by atoms with Gasteiger partial charge in [-0.2, -0.15) is 0 Å². The van der Waals surface area contributed by atoms with Gasteiger partial charge in [0.25, 0.3) is 5.91 Å². The van der Waals surface area contributed by atoms with Crippen molar-refractivity contribution >= 4 is 166 Å². The standard InChI is InChI=1S/C19H16FIN4O5.C13H12IN3O6.C8H10IN3O2.C5H6IN3/c1-2-30-19(29)23-13-7-12(21)9-25-16(13)24-14(15(26)18(25)28)17(27)22-8-10-3-5-11(20)6-4-10;1-3-23-13(21)15-7-4-6(14)5-17-10(7)16-8(12(20)22-2)9(18)11(17)19;1-2-14-8(13)12-6-3-5(9)4-11-7(6)10;6-3-1-4(7)5(8)9-2-3/h3-7,9,26H,2,8H2,1H3,(H,22,27)(H,23,29);4-5,18H,3H2,1-2H3,(H,15,21);3-4H,2H2,1H3,(H2,10,11)(H,12,13);1-2H,7H2,(H2,8,9). The number of hydrogen-bond acceptors (Lipinski definition) is 20. The number of aromatic nitrogens is 6. The first kappa shape index (κ1) is 61.4. The lowest BCUT2D eigenvalue weighted by atomic mass is 10.2. The largest absolute Gasteiger partial charge is 0.501 e. The molecule has 7 aromatic rings. The van der Waals surface area contributed by atoms with Gasteiger partial charge in [0.1, 0.15) is 17.5 Å². The van der Waals surface area contributed by atoms with E-state index in [1.165, 1.54) is 48.8 Å². The summed E-state index contributed by atoms with van der Waals surface area (Å²) in [5, 5.41) is 30.0. The van der Waals surface area contributed by atoms with Crippen LogP contribution in [0.5, 0.6) is 11.5 Å². The van der Waals surface area contributed by atoms with Crippen LogP contribution in [-0.4, -0.2) is 96.0 Å². The van der Waals surface area contributed by atoms with Crippen LogP contribution in [-0.2, 0) is 25.5 Å². The van der Waals surface area contributed by atoms with Gasteiger partial charge in [0, 0.05) is 45.6 Å². The fourth-order valence-corrected chi connectivity index (χ4v) is 7.80. The molecule has 0 saturated heterocycles. The summed E-state index contributed by atoms with van der Waals surface area (Å²) in [6, 6.07) is 12.0. The van der Waals surface area contributed by atoms with E-state index in [9.17, 15) is 48.2 Å². The van der Waals surface area contributed by atoms with E-state index in [-0.39, 0.29) is 48.2 Å². The molecule has 0 spiro atoms. The number of ether oxygens (including phenoxy) is 4. The Kier molecular flexibility index (Phi) is 23.6. The summed E-state index contributed by atoms with van der Waals surface area (Å²) >= 11 is 8.06. The smallest absolute Gasteiger partial charge is 0.411 e. The van der Waals surface area contributed by atoms with E-state index in [2.05, 4.69) is 91.1 Å². The molecule has 26 nitrogen and oxygen atoms in total. The van der Waals surface area contributed by atoms with Crippen LogP contribution in [0.3, 0.4) is 0 Å². The van der Waals surface area contributed by atoms with Crippen molar-refractivity contribution in [1.29, 1.82) is 0 Å². The predicted octanol–water partition coefficient (Wildman–Crippen LogP) is 6.69. The molecule has 402 valence electrons. The minimum atomic E-state index is -0.970. The SMILES string of the molecule is CCOC(=O)Nc1cc(I)cn2c(=O)c(O)c(C(=O)NCc3ccc(F)cc3)nc12.CCOC(=O)Nc1cc(I)cn2c(=O)c(O)c(C(=O)OC)nc12.CCOC(=O)Nc1cc(I)cnc1N.Nc1cc(I)cnc1N. The molecule has 0 aliphatic carbocycles. The highest BCUT2D eigenvalue weighted by atomic mass is 127. The Hall–Kier alpha value is -7.16. The highest BCUT2D eigenvalue weighted by molar-refractivity contribution is 14.1.